The maximum absolute atomic E-state index is 3.53. The van der Waals surface area contributed by atoms with Gasteiger partial charge in [-0.05, 0) is 38.1 Å². The molecule has 1 fully saturated rings. The van der Waals surface area contributed by atoms with E-state index in [0.29, 0.717) is 5.41 Å². The smallest absolute Gasteiger partial charge is 0.0375 e. The van der Waals surface area contributed by atoms with Gasteiger partial charge >= 0.3 is 0 Å². The summed E-state index contributed by atoms with van der Waals surface area (Å²) in [4.78, 5) is 2.38. The lowest BCUT2D eigenvalue weighted by molar-refractivity contribution is 0.143. The number of rotatable bonds is 5. The number of hydrogen-bond acceptors (Lipinski definition) is 2. The van der Waals surface area contributed by atoms with Crippen molar-refractivity contribution in [2.75, 3.05) is 32.1 Å². The van der Waals surface area contributed by atoms with Crippen LogP contribution in [0, 0.1) is 5.41 Å². The lowest BCUT2D eigenvalue weighted by Gasteiger charge is -2.45. The average Bonchev–Trinajstić information content (AvgIpc) is 2.26. The molecule has 1 aliphatic carbocycles. The van der Waals surface area contributed by atoms with Gasteiger partial charge in [-0.25, -0.2) is 0 Å². The van der Waals surface area contributed by atoms with E-state index in [9.17, 15) is 0 Å². The molecule has 1 aromatic rings. The van der Waals surface area contributed by atoms with E-state index in [1.54, 1.807) is 0 Å². The Kier molecular flexibility index (Phi) is 4.10. The fourth-order valence-electron chi connectivity index (χ4n) is 2.75. The molecule has 0 spiro atoms. The van der Waals surface area contributed by atoms with Crippen LogP contribution in [0.25, 0.3) is 0 Å². The predicted octanol–water partition coefficient (Wildman–Crippen LogP) is 3.28. The number of halogens is 1. The Morgan fingerprint density at radius 3 is 2.71 bits per heavy atom. The number of hydrogen-bond donors (Lipinski definition) is 1. The molecule has 0 saturated heterocycles. The molecule has 17 heavy (non-hydrogen) atoms. The summed E-state index contributed by atoms with van der Waals surface area (Å²) in [5.74, 6) is 0. The molecule has 1 aromatic carbocycles. The van der Waals surface area contributed by atoms with E-state index >= 15 is 0 Å². The van der Waals surface area contributed by atoms with Gasteiger partial charge in [0.15, 0.2) is 0 Å². The number of benzene rings is 1. The van der Waals surface area contributed by atoms with Crippen molar-refractivity contribution in [3.63, 3.8) is 0 Å². The van der Waals surface area contributed by atoms with E-state index in [4.69, 9.17) is 0 Å². The summed E-state index contributed by atoms with van der Waals surface area (Å²) in [6.45, 7) is 2.27. The van der Waals surface area contributed by atoms with E-state index in [1.807, 2.05) is 0 Å². The van der Waals surface area contributed by atoms with Gasteiger partial charge in [0.2, 0.25) is 0 Å². The minimum absolute atomic E-state index is 0.492. The number of nitrogens with one attached hydrogen (secondary N) is 1. The van der Waals surface area contributed by atoms with Gasteiger partial charge in [-0.1, -0.05) is 28.4 Å². The van der Waals surface area contributed by atoms with Crippen LogP contribution >= 0.6 is 15.9 Å². The summed E-state index contributed by atoms with van der Waals surface area (Å²) >= 11 is 3.53. The first-order chi connectivity index (χ1) is 8.15. The molecule has 0 bridgehead atoms. The van der Waals surface area contributed by atoms with Gasteiger partial charge in [0.05, 0.1) is 0 Å². The summed E-state index contributed by atoms with van der Waals surface area (Å²) in [6, 6.07) is 8.54. The molecule has 1 saturated carbocycles. The molecule has 0 heterocycles. The van der Waals surface area contributed by atoms with Gasteiger partial charge < -0.3 is 10.2 Å². The molecule has 2 nitrogen and oxygen atoms in total. The zero-order valence-corrected chi connectivity index (χ0v) is 12.3. The molecule has 0 radical (unpaired) electrons. The van der Waals surface area contributed by atoms with Crippen LogP contribution < -0.4 is 10.2 Å². The predicted molar refractivity (Wildman–Crippen MR) is 77.6 cm³/mol. The van der Waals surface area contributed by atoms with Crippen LogP contribution in [-0.4, -0.2) is 27.2 Å². The lowest BCUT2D eigenvalue weighted by atomic mass is 9.68. The highest BCUT2D eigenvalue weighted by Gasteiger charge is 2.37. The van der Waals surface area contributed by atoms with Crippen molar-refractivity contribution < 1.29 is 0 Å². The Labute approximate surface area is 113 Å². The lowest BCUT2D eigenvalue weighted by Crippen LogP contribution is -2.47. The Morgan fingerprint density at radius 2 is 2.18 bits per heavy atom. The van der Waals surface area contributed by atoms with Crippen molar-refractivity contribution >= 4 is 21.6 Å². The Hall–Kier alpha value is -0.540. The molecule has 0 aromatic heterocycles. The van der Waals surface area contributed by atoms with Crippen molar-refractivity contribution in [1.82, 2.24) is 5.32 Å². The molecular formula is C14H21BrN2. The second-order valence-corrected chi connectivity index (χ2v) is 6.14. The van der Waals surface area contributed by atoms with Crippen LogP contribution in [0.4, 0.5) is 5.69 Å². The van der Waals surface area contributed by atoms with Crippen LogP contribution in [0.5, 0.6) is 0 Å². The molecule has 3 heteroatoms. The molecular weight excluding hydrogens is 276 g/mol. The van der Waals surface area contributed by atoms with Crippen molar-refractivity contribution in [1.29, 1.82) is 0 Å². The summed E-state index contributed by atoms with van der Waals surface area (Å²) in [6.07, 6.45) is 4.09. The summed E-state index contributed by atoms with van der Waals surface area (Å²) < 4.78 is 1.15. The zero-order valence-electron chi connectivity index (χ0n) is 10.7. The van der Waals surface area contributed by atoms with E-state index in [1.165, 1.54) is 24.9 Å². The average molecular weight is 297 g/mol. The summed E-state index contributed by atoms with van der Waals surface area (Å²) in [5, 5.41) is 3.34. The topological polar surface area (TPSA) is 15.3 Å². The Balaban J connectivity index is 2.03. The third-order valence-corrected chi connectivity index (χ3v) is 4.28. The van der Waals surface area contributed by atoms with Crippen molar-refractivity contribution in [2.45, 2.75) is 19.3 Å². The van der Waals surface area contributed by atoms with Crippen molar-refractivity contribution in [3.05, 3.63) is 28.7 Å². The zero-order chi connectivity index (χ0) is 12.3. The minimum atomic E-state index is 0.492. The molecule has 0 atom stereocenters. The van der Waals surface area contributed by atoms with Crippen LogP contribution in [0.15, 0.2) is 28.7 Å². The molecule has 0 amide bonds. The van der Waals surface area contributed by atoms with E-state index in [-0.39, 0.29) is 0 Å². The molecule has 1 N–H and O–H groups in total. The number of anilines is 1. The first-order valence-corrected chi connectivity index (χ1v) is 7.06. The van der Waals surface area contributed by atoms with Gasteiger partial charge in [-0.3, -0.25) is 0 Å². The Bertz CT molecular complexity index is 374. The maximum atomic E-state index is 3.53. The monoisotopic (exact) mass is 296 g/mol. The van der Waals surface area contributed by atoms with Gasteiger partial charge in [-0.15, -0.1) is 0 Å². The normalized spacial score (nSPS) is 17.6. The standard InChI is InChI=1S/C14H21BrN2/c1-16-10-14(7-4-8-14)11-17(2)13-6-3-5-12(15)9-13/h3,5-6,9,16H,4,7-8,10-11H2,1-2H3. The largest absolute Gasteiger partial charge is 0.374 e. The van der Waals surface area contributed by atoms with Crippen LogP contribution in [-0.2, 0) is 0 Å². The van der Waals surface area contributed by atoms with E-state index in [2.05, 4.69) is 64.5 Å². The van der Waals surface area contributed by atoms with E-state index < -0.39 is 0 Å². The third kappa shape index (κ3) is 3.02. The fraction of sp³-hybridized carbons (Fsp3) is 0.571. The first kappa shape index (κ1) is 12.9. The van der Waals surface area contributed by atoms with Gasteiger partial charge in [0.25, 0.3) is 0 Å². The van der Waals surface area contributed by atoms with Crippen LogP contribution in [0.2, 0.25) is 0 Å². The molecule has 0 aliphatic heterocycles. The minimum Gasteiger partial charge on any atom is -0.374 e. The van der Waals surface area contributed by atoms with E-state index in [0.717, 1.165) is 17.6 Å². The SMILES string of the molecule is CNCC1(CN(C)c2cccc(Br)c2)CCC1. The molecule has 2 rings (SSSR count). The first-order valence-electron chi connectivity index (χ1n) is 6.27. The maximum Gasteiger partial charge on any atom is 0.0375 e. The van der Waals surface area contributed by atoms with Crippen LogP contribution in [0.1, 0.15) is 19.3 Å². The second kappa shape index (κ2) is 5.40. The molecule has 0 unspecified atom stereocenters. The molecule has 1 aliphatic rings. The highest BCUT2D eigenvalue weighted by atomic mass is 79.9. The quantitative estimate of drug-likeness (QED) is 0.897. The number of nitrogens with zero attached hydrogens (tertiary/aromatic N) is 1. The third-order valence-electron chi connectivity index (χ3n) is 3.79. The summed E-state index contributed by atoms with van der Waals surface area (Å²) in [7, 11) is 4.25. The highest BCUT2D eigenvalue weighted by molar-refractivity contribution is 9.10. The van der Waals surface area contributed by atoms with Crippen molar-refractivity contribution in [3.8, 4) is 0 Å². The van der Waals surface area contributed by atoms with Gasteiger partial charge in [0.1, 0.15) is 0 Å². The second-order valence-electron chi connectivity index (χ2n) is 5.22. The Morgan fingerprint density at radius 1 is 1.41 bits per heavy atom. The van der Waals surface area contributed by atoms with Crippen LogP contribution in [0.3, 0.4) is 0 Å². The van der Waals surface area contributed by atoms with Gasteiger partial charge in [0, 0.05) is 35.7 Å². The van der Waals surface area contributed by atoms with Crippen molar-refractivity contribution in [2.24, 2.45) is 5.41 Å². The highest BCUT2D eigenvalue weighted by Crippen LogP contribution is 2.41. The van der Waals surface area contributed by atoms with Gasteiger partial charge in [-0.2, -0.15) is 0 Å². The molecule has 94 valence electrons. The summed E-state index contributed by atoms with van der Waals surface area (Å²) in [5.41, 5.74) is 1.79. The fourth-order valence-corrected chi connectivity index (χ4v) is 3.14.